The quantitative estimate of drug-likeness (QED) is 0.575. The van der Waals surface area contributed by atoms with Crippen LogP contribution in [0.1, 0.15) is 46.0 Å². The Morgan fingerprint density at radius 1 is 1.30 bits per heavy atom. The summed E-state index contributed by atoms with van der Waals surface area (Å²) in [5.74, 6) is 0. The van der Waals surface area contributed by atoms with Gasteiger partial charge >= 0.3 is 0 Å². The highest BCUT2D eigenvalue weighted by atomic mass is 35.5. The van der Waals surface area contributed by atoms with E-state index in [4.69, 9.17) is 23.2 Å². The van der Waals surface area contributed by atoms with Gasteiger partial charge in [0.25, 0.3) is 0 Å². The summed E-state index contributed by atoms with van der Waals surface area (Å²) in [6.07, 6.45) is 6.49. The van der Waals surface area contributed by atoms with Crippen LogP contribution in [0.4, 0.5) is 0 Å². The van der Waals surface area contributed by atoms with E-state index in [1.165, 1.54) is 18.7 Å². The van der Waals surface area contributed by atoms with E-state index in [-0.39, 0.29) is 21.1 Å². The van der Waals surface area contributed by atoms with Crippen LogP contribution in [0.25, 0.3) is 0 Å². The van der Waals surface area contributed by atoms with E-state index in [9.17, 15) is 8.42 Å². The second-order valence-electron chi connectivity index (χ2n) is 4.82. The number of rotatable bonds is 8. The van der Waals surface area contributed by atoms with Gasteiger partial charge in [0, 0.05) is 12.2 Å². The van der Waals surface area contributed by atoms with Gasteiger partial charge in [0.2, 0.25) is 10.0 Å². The van der Waals surface area contributed by atoms with Gasteiger partial charge in [-0.25, -0.2) is 18.1 Å². The van der Waals surface area contributed by atoms with Crippen LogP contribution in [-0.4, -0.2) is 19.4 Å². The second kappa shape index (κ2) is 8.17. The minimum absolute atomic E-state index is 0.0345. The van der Waals surface area contributed by atoms with Crippen molar-refractivity contribution in [3.63, 3.8) is 0 Å². The molecule has 1 rings (SSSR count). The van der Waals surface area contributed by atoms with Crippen molar-refractivity contribution in [1.82, 2.24) is 9.71 Å². The van der Waals surface area contributed by atoms with Gasteiger partial charge in [0.05, 0.1) is 5.02 Å². The Labute approximate surface area is 130 Å². The number of nitrogens with one attached hydrogen (secondary N) is 1. The number of unbranched alkanes of at least 4 members (excludes halogenated alkanes) is 3. The first kappa shape index (κ1) is 17.7. The maximum atomic E-state index is 12.1. The van der Waals surface area contributed by atoms with Crippen LogP contribution in [0.2, 0.25) is 10.2 Å². The molecule has 0 aliphatic carbocycles. The van der Waals surface area contributed by atoms with E-state index >= 15 is 0 Å². The van der Waals surface area contributed by atoms with Crippen LogP contribution in [-0.2, 0) is 10.0 Å². The van der Waals surface area contributed by atoms with Crippen molar-refractivity contribution in [3.8, 4) is 0 Å². The van der Waals surface area contributed by atoms with E-state index in [0.29, 0.717) is 0 Å². The SMILES string of the molecule is CCCCCCC(C)NS(=O)(=O)c1cnc(Cl)c(Cl)c1. The molecule has 0 bridgehead atoms. The molecule has 0 aliphatic heterocycles. The first-order chi connectivity index (χ1) is 9.36. The molecule has 0 aliphatic rings. The molecule has 0 amide bonds. The predicted octanol–water partition coefficient (Wildman–Crippen LogP) is 4.03. The highest BCUT2D eigenvalue weighted by Gasteiger charge is 2.18. The number of nitrogens with zero attached hydrogens (tertiary/aromatic N) is 1. The lowest BCUT2D eigenvalue weighted by Crippen LogP contribution is -2.32. The van der Waals surface area contributed by atoms with Gasteiger partial charge in [-0.1, -0.05) is 55.8 Å². The van der Waals surface area contributed by atoms with E-state index in [1.807, 2.05) is 6.92 Å². The smallest absolute Gasteiger partial charge is 0.242 e. The number of hydrogen-bond donors (Lipinski definition) is 1. The Balaban J connectivity index is 2.62. The van der Waals surface area contributed by atoms with Crippen molar-refractivity contribution in [1.29, 1.82) is 0 Å². The zero-order chi connectivity index (χ0) is 15.2. The zero-order valence-corrected chi connectivity index (χ0v) is 14.0. The average Bonchev–Trinajstić information content (AvgIpc) is 2.37. The monoisotopic (exact) mass is 338 g/mol. The molecular formula is C13H20Cl2N2O2S. The zero-order valence-electron chi connectivity index (χ0n) is 11.7. The number of pyridine rings is 1. The van der Waals surface area contributed by atoms with Crippen LogP contribution in [0.3, 0.4) is 0 Å². The van der Waals surface area contributed by atoms with Gasteiger partial charge in [-0.2, -0.15) is 0 Å². The lowest BCUT2D eigenvalue weighted by Gasteiger charge is -2.14. The molecule has 1 aromatic rings. The fourth-order valence-corrected chi connectivity index (χ4v) is 3.40. The highest BCUT2D eigenvalue weighted by molar-refractivity contribution is 7.89. The largest absolute Gasteiger partial charge is 0.242 e. The fourth-order valence-electron chi connectivity index (χ4n) is 1.82. The normalized spacial score (nSPS) is 13.4. The molecular weight excluding hydrogens is 319 g/mol. The maximum absolute atomic E-state index is 12.1. The fraction of sp³-hybridized carbons (Fsp3) is 0.615. The van der Waals surface area contributed by atoms with Gasteiger partial charge in [0.15, 0.2) is 0 Å². The summed E-state index contributed by atoms with van der Waals surface area (Å²) in [4.78, 5) is 3.79. The Kier molecular flexibility index (Phi) is 7.23. The number of aromatic nitrogens is 1. The molecule has 4 nitrogen and oxygen atoms in total. The summed E-state index contributed by atoms with van der Waals surface area (Å²) in [5, 5.41) is 0.225. The summed E-state index contributed by atoms with van der Waals surface area (Å²) in [6, 6.07) is 1.19. The Morgan fingerprint density at radius 2 is 2.00 bits per heavy atom. The first-order valence-electron chi connectivity index (χ1n) is 6.70. The highest BCUT2D eigenvalue weighted by Crippen LogP contribution is 2.22. The molecule has 0 fully saturated rings. The summed E-state index contributed by atoms with van der Waals surface area (Å²) < 4.78 is 26.9. The molecule has 1 heterocycles. The van der Waals surface area contributed by atoms with Gasteiger partial charge in [-0.15, -0.1) is 0 Å². The third kappa shape index (κ3) is 5.56. The summed E-state index contributed by atoms with van der Waals surface area (Å²) in [7, 11) is -3.60. The van der Waals surface area contributed by atoms with Crippen molar-refractivity contribution in [2.75, 3.05) is 0 Å². The molecule has 1 unspecified atom stereocenters. The first-order valence-corrected chi connectivity index (χ1v) is 8.94. The summed E-state index contributed by atoms with van der Waals surface area (Å²) >= 11 is 11.5. The van der Waals surface area contributed by atoms with E-state index in [0.717, 1.165) is 25.7 Å². The molecule has 0 aromatic carbocycles. The summed E-state index contributed by atoms with van der Waals surface area (Å²) in [5.41, 5.74) is 0. The second-order valence-corrected chi connectivity index (χ2v) is 7.29. The molecule has 114 valence electrons. The van der Waals surface area contributed by atoms with Crippen molar-refractivity contribution in [2.24, 2.45) is 0 Å². The predicted molar refractivity (Wildman–Crippen MR) is 82.8 cm³/mol. The molecule has 0 radical (unpaired) electrons. The molecule has 1 aromatic heterocycles. The van der Waals surface area contributed by atoms with Gasteiger partial charge < -0.3 is 0 Å². The minimum atomic E-state index is -3.60. The lowest BCUT2D eigenvalue weighted by molar-refractivity contribution is 0.521. The van der Waals surface area contributed by atoms with E-state index in [1.54, 1.807) is 0 Å². The van der Waals surface area contributed by atoms with Gasteiger partial charge in [0.1, 0.15) is 10.0 Å². The number of hydrogen-bond acceptors (Lipinski definition) is 3. The molecule has 1 N–H and O–H groups in total. The molecule has 20 heavy (non-hydrogen) atoms. The van der Waals surface area contributed by atoms with Crippen LogP contribution in [0.5, 0.6) is 0 Å². The summed E-state index contributed by atoms with van der Waals surface area (Å²) in [6.45, 7) is 4.00. The maximum Gasteiger partial charge on any atom is 0.242 e. The minimum Gasteiger partial charge on any atom is -0.242 e. The molecule has 7 heteroatoms. The van der Waals surface area contributed by atoms with E-state index < -0.39 is 10.0 Å². The van der Waals surface area contributed by atoms with Crippen molar-refractivity contribution in [2.45, 2.75) is 56.9 Å². The third-order valence-corrected chi connectivity index (χ3v) is 5.17. The van der Waals surface area contributed by atoms with Crippen LogP contribution < -0.4 is 4.72 Å². The number of sulfonamides is 1. The molecule has 0 saturated heterocycles. The van der Waals surface area contributed by atoms with Gasteiger partial charge in [-0.3, -0.25) is 0 Å². The Hall–Kier alpha value is -0.360. The average molecular weight is 339 g/mol. The van der Waals surface area contributed by atoms with E-state index in [2.05, 4.69) is 16.6 Å². The molecule has 0 saturated carbocycles. The standard InChI is InChI=1S/C13H20Cl2N2O2S/c1-3-4-5-6-7-10(2)17-20(18,19)11-8-12(14)13(15)16-9-11/h8-10,17H,3-7H2,1-2H3. The molecule has 0 spiro atoms. The Morgan fingerprint density at radius 3 is 2.60 bits per heavy atom. The van der Waals surface area contributed by atoms with Crippen molar-refractivity contribution < 1.29 is 8.42 Å². The van der Waals surface area contributed by atoms with Crippen molar-refractivity contribution >= 4 is 33.2 Å². The Bertz CT molecular complexity index is 535. The van der Waals surface area contributed by atoms with Crippen LogP contribution >= 0.6 is 23.2 Å². The topological polar surface area (TPSA) is 59.1 Å². The lowest BCUT2D eigenvalue weighted by atomic mass is 10.1. The third-order valence-electron chi connectivity index (χ3n) is 2.93. The van der Waals surface area contributed by atoms with Crippen LogP contribution in [0, 0.1) is 0 Å². The van der Waals surface area contributed by atoms with Crippen molar-refractivity contribution in [3.05, 3.63) is 22.4 Å². The number of halogens is 2. The molecule has 1 atom stereocenters. The van der Waals surface area contributed by atoms with Gasteiger partial charge in [-0.05, 0) is 19.4 Å². The van der Waals surface area contributed by atoms with Crippen LogP contribution in [0.15, 0.2) is 17.2 Å².